The quantitative estimate of drug-likeness (QED) is 0.532. The third-order valence-corrected chi connectivity index (χ3v) is 7.05. The Morgan fingerprint density at radius 2 is 1.87 bits per heavy atom. The molecular formula is C27H30N2O2. The number of para-hydroxylation sites is 1. The zero-order chi connectivity index (χ0) is 21.8. The Balaban J connectivity index is 1.50. The largest absolute Gasteiger partial charge is 0.496 e. The van der Waals surface area contributed by atoms with Gasteiger partial charge < -0.3 is 9.64 Å². The van der Waals surface area contributed by atoms with Crippen LogP contribution in [0.2, 0.25) is 0 Å². The number of hydrogen-bond donors (Lipinski definition) is 0. The molecule has 2 heterocycles. The third kappa shape index (κ3) is 3.48. The van der Waals surface area contributed by atoms with Crippen molar-refractivity contribution < 1.29 is 9.53 Å². The molecule has 1 aliphatic carbocycles. The first-order valence-corrected chi connectivity index (χ1v) is 11.1. The van der Waals surface area contributed by atoms with Gasteiger partial charge >= 0.3 is 0 Å². The van der Waals surface area contributed by atoms with Crippen molar-refractivity contribution in [3.63, 3.8) is 0 Å². The maximum absolute atomic E-state index is 13.5. The van der Waals surface area contributed by atoms with Gasteiger partial charge in [0.25, 0.3) is 5.91 Å². The van der Waals surface area contributed by atoms with Gasteiger partial charge in [-0.3, -0.25) is 9.78 Å². The van der Waals surface area contributed by atoms with Crippen molar-refractivity contribution in [1.82, 2.24) is 9.88 Å². The fourth-order valence-electron chi connectivity index (χ4n) is 6.23. The van der Waals surface area contributed by atoms with E-state index in [1.807, 2.05) is 36.5 Å². The van der Waals surface area contributed by atoms with E-state index in [0.29, 0.717) is 17.4 Å². The lowest BCUT2D eigenvalue weighted by atomic mass is 9.65. The van der Waals surface area contributed by atoms with Crippen LogP contribution >= 0.6 is 0 Å². The first-order chi connectivity index (χ1) is 14.8. The van der Waals surface area contributed by atoms with Crippen LogP contribution in [0.25, 0.3) is 22.0 Å². The second-order valence-corrected chi connectivity index (χ2v) is 10.4. The molecule has 2 atom stereocenters. The van der Waals surface area contributed by atoms with Crippen LogP contribution in [-0.4, -0.2) is 35.5 Å². The van der Waals surface area contributed by atoms with E-state index in [9.17, 15) is 4.79 Å². The molecule has 1 amide bonds. The summed E-state index contributed by atoms with van der Waals surface area (Å²) in [5, 5.41) is 1.09. The molecule has 2 aromatic carbocycles. The van der Waals surface area contributed by atoms with Gasteiger partial charge in [-0.2, -0.15) is 0 Å². The van der Waals surface area contributed by atoms with Gasteiger partial charge in [0.05, 0.1) is 12.6 Å². The molecule has 31 heavy (non-hydrogen) atoms. The molecule has 0 spiro atoms. The second kappa shape index (κ2) is 7.08. The topological polar surface area (TPSA) is 42.4 Å². The lowest BCUT2D eigenvalue weighted by Crippen LogP contribution is -2.37. The van der Waals surface area contributed by atoms with E-state index in [1.165, 1.54) is 6.42 Å². The SMILES string of the molecule is COc1cc(C(=O)N2C[C@]3(C)C[C@H]2CC(C)(C)C3)ccc1-c1cccc2cccnc12. The molecular weight excluding hydrogens is 384 g/mol. The van der Waals surface area contributed by atoms with Gasteiger partial charge in [0.2, 0.25) is 0 Å². The summed E-state index contributed by atoms with van der Waals surface area (Å²) in [5.41, 5.74) is 4.11. The van der Waals surface area contributed by atoms with Gasteiger partial charge in [0, 0.05) is 40.9 Å². The van der Waals surface area contributed by atoms with Crippen molar-refractivity contribution in [3.8, 4) is 16.9 Å². The minimum atomic E-state index is 0.118. The normalized spacial score (nSPS) is 24.4. The summed E-state index contributed by atoms with van der Waals surface area (Å²) >= 11 is 0. The predicted octanol–water partition coefficient (Wildman–Crippen LogP) is 5.95. The van der Waals surface area contributed by atoms with Crippen LogP contribution in [0, 0.1) is 10.8 Å². The van der Waals surface area contributed by atoms with Gasteiger partial charge in [-0.25, -0.2) is 0 Å². The molecule has 1 saturated heterocycles. The summed E-state index contributed by atoms with van der Waals surface area (Å²) < 4.78 is 5.74. The van der Waals surface area contributed by atoms with Crippen molar-refractivity contribution in [2.75, 3.05) is 13.7 Å². The Labute approximate surface area is 184 Å². The summed E-state index contributed by atoms with van der Waals surface area (Å²) in [6, 6.07) is 16.3. The molecule has 4 heteroatoms. The number of benzene rings is 2. The average molecular weight is 415 g/mol. The highest BCUT2D eigenvalue weighted by atomic mass is 16.5. The van der Waals surface area contributed by atoms with E-state index in [4.69, 9.17) is 4.74 Å². The summed E-state index contributed by atoms with van der Waals surface area (Å²) in [4.78, 5) is 20.2. The number of likely N-dealkylation sites (tertiary alicyclic amines) is 1. The molecule has 0 unspecified atom stereocenters. The molecule has 160 valence electrons. The standard InChI is InChI=1S/C27H30N2O2/c1-26(2)14-20-15-27(3,16-26)17-29(20)25(30)19-10-11-21(23(13-19)31-4)22-9-5-7-18-8-6-12-28-24(18)22/h5-13,20H,14-17H2,1-4H3/t20-,27-/m1/s1. The van der Waals surface area contributed by atoms with E-state index in [0.717, 1.165) is 41.4 Å². The predicted molar refractivity (Wildman–Crippen MR) is 124 cm³/mol. The number of ether oxygens (including phenoxy) is 1. The molecule has 1 aliphatic heterocycles. The summed E-state index contributed by atoms with van der Waals surface area (Å²) in [5.74, 6) is 0.824. The molecule has 2 aliphatic rings. The van der Waals surface area contributed by atoms with Gasteiger partial charge in [0.15, 0.2) is 0 Å². The maximum atomic E-state index is 13.5. The first-order valence-electron chi connectivity index (χ1n) is 11.1. The molecule has 5 rings (SSSR count). The van der Waals surface area contributed by atoms with Crippen LogP contribution in [0.15, 0.2) is 54.7 Å². The Morgan fingerprint density at radius 3 is 2.68 bits per heavy atom. The zero-order valence-electron chi connectivity index (χ0n) is 18.8. The lowest BCUT2D eigenvalue weighted by Gasteiger charge is -2.39. The molecule has 3 aromatic rings. The number of amides is 1. The van der Waals surface area contributed by atoms with Crippen molar-refractivity contribution in [2.24, 2.45) is 10.8 Å². The van der Waals surface area contributed by atoms with E-state index >= 15 is 0 Å². The zero-order valence-corrected chi connectivity index (χ0v) is 18.8. The van der Waals surface area contributed by atoms with Crippen molar-refractivity contribution in [3.05, 3.63) is 60.3 Å². The van der Waals surface area contributed by atoms with Crippen molar-refractivity contribution in [1.29, 1.82) is 0 Å². The highest BCUT2D eigenvalue weighted by molar-refractivity contribution is 5.99. The molecule has 0 radical (unpaired) electrons. The third-order valence-electron chi connectivity index (χ3n) is 7.05. The van der Waals surface area contributed by atoms with Crippen molar-refractivity contribution in [2.45, 2.75) is 46.1 Å². The summed E-state index contributed by atoms with van der Waals surface area (Å²) in [6.45, 7) is 7.85. The molecule has 4 nitrogen and oxygen atoms in total. The van der Waals surface area contributed by atoms with Gasteiger partial charge in [-0.05, 0) is 54.4 Å². The van der Waals surface area contributed by atoms with Gasteiger partial charge in [-0.15, -0.1) is 0 Å². The Hall–Kier alpha value is -2.88. The second-order valence-electron chi connectivity index (χ2n) is 10.4. The fraction of sp³-hybridized carbons (Fsp3) is 0.407. The first kappa shape index (κ1) is 20.0. The summed E-state index contributed by atoms with van der Waals surface area (Å²) in [6.07, 6.45) is 5.17. The number of methoxy groups -OCH3 is 1. The monoisotopic (exact) mass is 414 g/mol. The van der Waals surface area contributed by atoms with Crippen LogP contribution in [-0.2, 0) is 0 Å². The number of fused-ring (bicyclic) bond motifs is 3. The van der Waals surface area contributed by atoms with Crippen LogP contribution in [0.4, 0.5) is 0 Å². The van der Waals surface area contributed by atoms with Crippen molar-refractivity contribution >= 4 is 16.8 Å². The van der Waals surface area contributed by atoms with Crippen LogP contribution in [0.5, 0.6) is 5.75 Å². The minimum Gasteiger partial charge on any atom is -0.496 e. The number of hydrogen-bond acceptors (Lipinski definition) is 3. The highest BCUT2D eigenvalue weighted by Gasteiger charge is 2.51. The van der Waals surface area contributed by atoms with Gasteiger partial charge in [0.1, 0.15) is 5.75 Å². The fourth-order valence-corrected chi connectivity index (χ4v) is 6.23. The minimum absolute atomic E-state index is 0.118. The van der Waals surface area contributed by atoms with E-state index in [1.54, 1.807) is 7.11 Å². The average Bonchev–Trinajstić information content (AvgIpc) is 3.00. The number of carbonyl (C=O) groups is 1. The highest BCUT2D eigenvalue weighted by Crippen LogP contribution is 2.52. The van der Waals surface area contributed by atoms with Gasteiger partial charge in [-0.1, -0.05) is 45.0 Å². The van der Waals surface area contributed by atoms with Crippen LogP contribution in [0.3, 0.4) is 0 Å². The Kier molecular flexibility index (Phi) is 4.58. The number of pyridine rings is 1. The molecule has 2 fully saturated rings. The number of rotatable bonds is 3. The molecule has 2 bridgehead atoms. The van der Waals surface area contributed by atoms with Crippen LogP contribution < -0.4 is 4.74 Å². The van der Waals surface area contributed by atoms with E-state index < -0.39 is 0 Å². The molecule has 1 saturated carbocycles. The van der Waals surface area contributed by atoms with Crippen LogP contribution in [0.1, 0.15) is 50.4 Å². The number of nitrogens with zero attached hydrogens (tertiary/aromatic N) is 2. The Bertz CT molecular complexity index is 1160. The van der Waals surface area contributed by atoms with E-state index in [-0.39, 0.29) is 16.7 Å². The summed E-state index contributed by atoms with van der Waals surface area (Å²) in [7, 11) is 1.66. The molecule has 0 N–H and O–H groups in total. The Morgan fingerprint density at radius 1 is 1.06 bits per heavy atom. The molecule has 1 aromatic heterocycles. The smallest absolute Gasteiger partial charge is 0.254 e. The lowest BCUT2D eigenvalue weighted by molar-refractivity contribution is 0.0708. The number of aromatic nitrogens is 1. The van der Waals surface area contributed by atoms with E-state index in [2.05, 4.69) is 48.9 Å². The number of carbonyl (C=O) groups excluding carboxylic acids is 1. The maximum Gasteiger partial charge on any atom is 0.254 e.